The van der Waals surface area contributed by atoms with E-state index in [4.69, 9.17) is 0 Å². The molecule has 146 valence electrons. The van der Waals surface area contributed by atoms with Crippen molar-refractivity contribution in [2.75, 3.05) is 33.7 Å². The molecule has 2 aromatic rings. The van der Waals surface area contributed by atoms with E-state index in [1.54, 1.807) is 0 Å². The molecule has 27 heavy (non-hydrogen) atoms. The number of carbonyl (C=O) groups is 1. The summed E-state index contributed by atoms with van der Waals surface area (Å²) in [5.74, 6) is 1.10. The summed E-state index contributed by atoms with van der Waals surface area (Å²) >= 11 is 1.88. The second kappa shape index (κ2) is 7.87. The number of aliphatic hydroxyl groups excluding tert-OH is 1. The second-order valence-corrected chi connectivity index (χ2v) is 9.58. The first-order chi connectivity index (χ1) is 13.0. The van der Waals surface area contributed by atoms with Gasteiger partial charge in [-0.1, -0.05) is 18.2 Å². The molecule has 2 N–H and O–H groups in total. The minimum Gasteiger partial charge on any atom is -0.391 e. The highest BCUT2D eigenvalue weighted by Gasteiger charge is 2.42. The molecule has 4 atom stereocenters. The molecule has 0 unspecified atom stereocenters. The molecule has 6 heteroatoms. The highest BCUT2D eigenvalue weighted by atomic mass is 32.1. The lowest BCUT2D eigenvalue weighted by Crippen LogP contribution is -2.51. The summed E-state index contributed by atoms with van der Waals surface area (Å²) in [6, 6.07) is 10.7. The molecule has 4 rings (SSSR count). The summed E-state index contributed by atoms with van der Waals surface area (Å²) in [7, 11) is 3.77. The van der Waals surface area contributed by atoms with Gasteiger partial charge in [0.2, 0.25) is 5.91 Å². The number of nitrogens with one attached hydrogen (secondary N) is 1. The minimum atomic E-state index is -0.429. The topological polar surface area (TPSA) is 55.8 Å². The van der Waals surface area contributed by atoms with E-state index in [-0.39, 0.29) is 11.9 Å². The zero-order valence-electron chi connectivity index (χ0n) is 16.1. The summed E-state index contributed by atoms with van der Waals surface area (Å²) < 4.78 is 1.35. The third-order valence-corrected chi connectivity index (χ3v) is 6.98. The van der Waals surface area contributed by atoms with Gasteiger partial charge in [-0.15, -0.1) is 11.3 Å². The number of hydrogen-bond donors (Lipinski definition) is 2. The van der Waals surface area contributed by atoms with Gasteiger partial charge in [0.1, 0.15) is 0 Å². The van der Waals surface area contributed by atoms with Crippen molar-refractivity contribution < 1.29 is 9.90 Å². The molecule has 1 aliphatic carbocycles. The van der Waals surface area contributed by atoms with E-state index in [0.29, 0.717) is 18.4 Å². The zero-order valence-corrected chi connectivity index (χ0v) is 16.9. The Balaban J connectivity index is 1.36. The van der Waals surface area contributed by atoms with Gasteiger partial charge in [0.15, 0.2) is 0 Å². The van der Waals surface area contributed by atoms with E-state index in [9.17, 15) is 9.90 Å². The van der Waals surface area contributed by atoms with Crippen molar-refractivity contribution in [3.8, 4) is 0 Å². The molecule has 1 aromatic carbocycles. The molecular weight excluding hydrogens is 358 g/mol. The van der Waals surface area contributed by atoms with Crippen molar-refractivity contribution in [2.45, 2.75) is 31.5 Å². The Hall–Kier alpha value is -1.47. The maximum atomic E-state index is 12.1. The van der Waals surface area contributed by atoms with Crippen molar-refractivity contribution in [3.63, 3.8) is 0 Å². The fourth-order valence-corrected chi connectivity index (χ4v) is 5.79. The van der Waals surface area contributed by atoms with Crippen LogP contribution >= 0.6 is 11.3 Å². The average molecular weight is 388 g/mol. The molecule has 0 radical (unpaired) electrons. The van der Waals surface area contributed by atoms with Gasteiger partial charge in [-0.2, -0.15) is 0 Å². The van der Waals surface area contributed by atoms with Gasteiger partial charge in [0.05, 0.1) is 18.7 Å². The van der Waals surface area contributed by atoms with Crippen LogP contribution in [0.1, 0.15) is 17.7 Å². The van der Waals surface area contributed by atoms with Gasteiger partial charge in [0, 0.05) is 29.2 Å². The molecule has 2 fully saturated rings. The van der Waals surface area contributed by atoms with Crippen molar-refractivity contribution >= 4 is 27.3 Å². The first-order valence-corrected chi connectivity index (χ1v) is 10.6. The predicted octanol–water partition coefficient (Wildman–Crippen LogP) is 2.15. The Kier molecular flexibility index (Phi) is 5.50. The van der Waals surface area contributed by atoms with E-state index in [1.165, 1.54) is 15.0 Å². The number of rotatable bonds is 5. The number of hydrogen-bond acceptors (Lipinski definition) is 5. The van der Waals surface area contributed by atoms with Gasteiger partial charge in [-0.05, 0) is 56.3 Å². The van der Waals surface area contributed by atoms with Crippen LogP contribution in [0.25, 0.3) is 10.1 Å². The number of likely N-dealkylation sites (tertiary alicyclic amines) is 1. The van der Waals surface area contributed by atoms with Crippen LogP contribution in [-0.2, 0) is 11.3 Å². The highest BCUT2D eigenvalue weighted by Crippen LogP contribution is 2.38. The number of fused-ring (bicyclic) bond motifs is 2. The van der Waals surface area contributed by atoms with Crippen LogP contribution in [0.3, 0.4) is 0 Å². The van der Waals surface area contributed by atoms with Crippen molar-refractivity contribution in [2.24, 2.45) is 11.8 Å². The van der Waals surface area contributed by atoms with Crippen LogP contribution in [0, 0.1) is 11.8 Å². The Bertz CT molecular complexity index is 773. The van der Waals surface area contributed by atoms with Crippen molar-refractivity contribution in [3.05, 3.63) is 35.2 Å². The summed E-state index contributed by atoms with van der Waals surface area (Å²) in [6.07, 6.45) is 1.25. The summed E-state index contributed by atoms with van der Waals surface area (Å²) in [4.78, 5) is 17.9. The maximum Gasteiger partial charge on any atom is 0.234 e. The van der Waals surface area contributed by atoms with E-state index in [0.717, 1.165) is 32.5 Å². The Morgan fingerprint density at radius 1 is 1.26 bits per heavy atom. The third kappa shape index (κ3) is 4.35. The molecule has 1 aromatic heterocycles. The van der Waals surface area contributed by atoms with E-state index in [2.05, 4.69) is 40.5 Å². The monoisotopic (exact) mass is 387 g/mol. The molecule has 5 nitrogen and oxygen atoms in total. The molecule has 2 aliphatic rings. The lowest BCUT2D eigenvalue weighted by atomic mass is 9.77. The van der Waals surface area contributed by atoms with E-state index in [1.807, 2.05) is 30.3 Å². The van der Waals surface area contributed by atoms with Crippen molar-refractivity contribution in [1.29, 1.82) is 0 Å². The number of thiophene rings is 1. The second-order valence-electron chi connectivity index (χ2n) is 8.42. The van der Waals surface area contributed by atoms with Gasteiger partial charge in [-0.25, -0.2) is 0 Å². The number of benzene rings is 1. The molecule has 2 heterocycles. The van der Waals surface area contributed by atoms with Crippen LogP contribution in [0.5, 0.6) is 0 Å². The molecule has 0 bridgehead atoms. The fraction of sp³-hybridized carbons (Fsp3) is 0.571. The number of nitrogens with zero attached hydrogens (tertiary/aromatic N) is 2. The molecule has 1 amide bonds. The minimum absolute atomic E-state index is 0.00243. The van der Waals surface area contributed by atoms with E-state index < -0.39 is 6.10 Å². The number of likely N-dealkylation sites (N-methyl/N-ethyl adjacent to an activating group) is 1. The van der Waals surface area contributed by atoms with E-state index >= 15 is 0 Å². The van der Waals surface area contributed by atoms with Gasteiger partial charge in [0.25, 0.3) is 0 Å². The number of amides is 1. The smallest absolute Gasteiger partial charge is 0.234 e. The normalized spacial score (nSPS) is 28.6. The summed E-state index contributed by atoms with van der Waals surface area (Å²) in [6.45, 7) is 3.47. The van der Waals surface area contributed by atoms with Crippen molar-refractivity contribution in [1.82, 2.24) is 15.1 Å². The van der Waals surface area contributed by atoms with Gasteiger partial charge >= 0.3 is 0 Å². The Morgan fingerprint density at radius 2 is 2.00 bits per heavy atom. The van der Waals surface area contributed by atoms with Crippen LogP contribution < -0.4 is 5.32 Å². The van der Waals surface area contributed by atoms with Crippen LogP contribution in [0.15, 0.2) is 30.3 Å². The molecule has 1 saturated heterocycles. The SMILES string of the molecule is CN(C)CC(=O)N[C@H]1C[C@H]2CN(Cc3cc4ccccc4s3)C[C@H]2C[C@@H]1O. The van der Waals surface area contributed by atoms with Crippen LogP contribution in [-0.4, -0.2) is 66.7 Å². The molecule has 1 aliphatic heterocycles. The Morgan fingerprint density at radius 3 is 2.74 bits per heavy atom. The molecule has 1 saturated carbocycles. The third-order valence-electron chi connectivity index (χ3n) is 5.88. The molecular formula is C21H29N3O2S. The largest absolute Gasteiger partial charge is 0.391 e. The number of carbonyl (C=O) groups excluding carboxylic acids is 1. The molecule has 0 spiro atoms. The standard InChI is InChI=1S/C21H29N3O2S/c1-23(2)13-21(26)22-18-8-15-10-24(11-16(15)9-19(18)25)12-17-7-14-5-3-4-6-20(14)27-17/h3-7,15-16,18-19,25H,8-13H2,1-2H3,(H,22,26)/t15-,16+,18-,19-/m0/s1. The first-order valence-electron chi connectivity index (χ1n) is 9.80. The van der Waals surface area contributed by atoms with Gasteiger partial charge < -0.3 is 15.3 Å². The number of aliphatic hydroxyl groups is 1. The van der Waals surface area contributed by atoms with Crippen LogP contribution in [0.2, 0.25) is 0 Å². The summed E-state index contributed by atoms with van der Waals surface area (Å²) in [5.41, 5.74) is 0. The summed E-state index contributed by atoms with van der Waals surface area (Å²) in [5, 5.41) is 14.9. The lowest BCUT2D eigenvalue weighted by molar-refractivity contribution is -0.124. The fourth-order valence-electron chi connectivity index (χ4n) is 4.69. The first kappa shape index (κ1) is 18.9. The van der Waals surface area contributed by atoms with Crippen LogP contribution in [0.4, 0.5) is 0 Å². The zero-order chi connectivity index (χ0) is 19.0. The Labute approximate surface area is 165 Å². The van der Waals surface area contributed by atoms with Gasteiger partial charge in [-0.3, -0.25) is 9.69 Å². The highest BCUT2D eigenvalue weighted by molar-refractivity contribution is 7.19. The lowest BCUT2D eigenvalue weighted by Gasteiger charge is -2.35. The predicted molar refractivity (Wildman–Crippen MR) is 110 cm³/mol. The average Bonchev–Trinajstić information content (AvgIpc) is 3.17. The maximum absolute atomic E-state index is 12.1. The quantitative estimate of drug-likeness (QED) is 0.826.